The molecule has 8 nitrogen and oxygen atoms in total. The zero-order valence-corrected chi connectivity index (χ0v) is 22.3. The van der Waals surface area contributed by atoms with Gasteiger partial charge in [-0.05, 0) is 36.2 Å². The molecule has 1 spiro atoms. The van der Waals surface area contributed by atoms with Gasteiger partial charge in [-0.15, -0.1) is 11.8 Å². The van der Waals surface area contributed by atoms with Crippen LogP contribution in [0.3, 0.4) is 0 Å². The van der Waals surface area contributed by atoms with Gasteiger partial charge in [0.05, 0.1) is 36.3 Å². The number of hydrogen-bond acceptors (Lipinski definition) is 6. The highest BCUT2D eigenvalue weighted by Gasteiger charge is 2.76. The molecular weight excluding hydrogens is 546 g/mol. The second kappa shape index (κ2) is 9.72. The van der Waals surface area contributed by atoms with Crippen molar-refractivity contribution in [1.29, 1.82) is 0 Å². The Bertz CT molecular complexity index is 1170. The molecule has 2 aromatic rings. The second-order valence-corrected chi connectivity index (χ2v) is 12.1. The number of nitrogens with one attached hydrogen (secondary N) is 2. The first-order valence-electron chi connectivity index (χ1n) is 11.8. The lowest BCUT2D eigenvalue weighted by Gasteiger charge is -2.37. The predicted molar refractivity (Wildman–Crippen MR) is 141 cm³/mol. The summed E-state index contributed by atoms with van der Waals surface area (Å²) in [5, 5.41) is 16.1. The standard InChI is InChI=1S/C26H28BrN3O5S/c1-28-23(32)19-20-25(34)30(18(13-31)14-6-4-3-5-7-14)22(26(20)12-17(27)21(19)36-26)24(33)29-15-8-10-16(35-2)11-9-15/h3-11,17-22,31H,12-13H2,1-2H3,(H,28,32)(H,29,33)/t17?,18-,19+,20+,21+,22?,26?/m1/s1. The summed E-state index contributed by atoms with van der Waals surface area (Å²) < 4.78 is 4.41. The summed E-state index contributed by atoms with van der Waals surface area (Å²) in [6, 6.07) is 14.6. The third-order valence-electron chi connectivity index (χ3n) is 7.58. The van der Waals surface area contributed by atoms with Gasteiger partial charge in [-0.3, -0.25) is 14.4 Å². The van der Waals surface area contributed by atoms with Crippen LogP contribution in [0.15, 0.2) is 54.6 Å². The van der Waals surface area contributed by atoms with Gasteiger partial charge in [-0.25, -0.2) is 0 Å². The van der Waals surface area contributed by atoms with Crippen molar-refractivity contribution in [3.8, 4) is 5.75 Å². The van der Waals surface area contributed by atoms with Crippen molar-refractivity contribution in [2.24, 2.45) is 11.8 Å². The summed E-state index contributed by atoms with van der Waals surface area (Å²) in [6.07, 6.45) is 0.566. The molecule has 5 rings (SSSR count). The highest BCUT2D eigenvalue weighted by Crippen LogP contribution is 2.68. The number of nitrogens with zero attached hydrogens (tertiary/aromatic N) is 1. The lowest BCUT2D eigenvalue weighted by atomic mass is 9.70. The third kappa shape index (κ3) is 3.81. The lowest BCUT2D eigenvalue weighted by Crippen LogP contribution is -2.53. The van der Waals surface area contributed by atoms with Crippen LogP contribution >= 0.6 is 27.7 Å². The van der Waals surface area contributed by atoms with Gasteiger partial charge in [0.1, 0.15) is 11.8 Å². The largest absolute Gasteiger partial charge is 0.497 e. The van der Waals surface area contributed by atoms with Crippen LogP contribution in [-0.4, -0.2) is 69.4 Å². The van der Waals surface area contributed by atoms with Crippen LogP contribution in [0.5, 0.6) is 5.75 Å². The molecule has 0 radical (unpaired) electrons. The van der Waals surface area contributed by atoms with Crippen LogP contribution < -0.4 is 15.4 Å². The van der Waals surface area contributed by atoms with Crippen molar-refractivity contribution in [1.82, 2.24) is 10.2 Å². The Morgan fingerprint density at radius 2 is 1.89 bits per heavy atom. The summed E-state index contributed by atoms with van der Waals surface area (Å²) in [6.45, 7) is -0.346. The Morgan fingerprint density at radius 3 is 2.50 bits per heavy atom. The normalized spacial score (nSPS) is 31.2. The van der Waals surface area contributed by atoms with Crippen molar-refractivity contribution in [3.05, 3.63) is 60.2 Å². The molecule has 3 unspecified atom stereocenters. The monoisotopic (exact) mass is 573 g/mol. The second-order valence-electron chi connectivity index (χ2n) is 9.35. The van der Waals surface area contributed by atoms with Gasteiger partial charge in [0.25, 0.3) is 0 Å². The fraction of sp³-hybridized carbons (Fsp3) is 0.423. The molecule has 0 aliphatic carbocycles. The number of rotatable bonds is 7. The number of benzene rings is 2. The molecule has 0 aromatic heterocycles. The first-order valence-corrected chi connectivity index (χ1v) is 13.6. The fourth-order valence-electron chi connectivity index (χ4n) is 6.08. The van der Waals surface area contributed by atoms with Gasteiger partial charge < -0.3 is 25.4 Å². The van der Waals surface area contributed by atoms with Crippen molar-refractivity contribution in [2.45, 2.75) is 33.3 Å². The van der Waals surface area contributed by atoms with E-state index in [9.17, 15) is 19.5 Å². The quantitative estimate of drug-likeness (QED) is 0.439. The van der Waals surface area contributed by atoms with E-state index < -0.39 is 28.7 Å². The number of methoxy groups -OCH3 is 1. The maximum absolute atomic E-state index is 14.1. The molecule has 36 heavy (non-hydrogen) atoms. The van der Waals surface area contributed by atoms with E-state index in [1.807, 2.05) is 30.3 Å². The topological polar surface area (TPSA) is 108 Å². The first-order chi connectivity index (χ1) is 17.4. The van der Waals surface area contributed by atoms with Crippen molar-refractivity contribution >= 4 is 51.1 Å². The predicted octanol–water partition coefficient (Wildman–Crippen LogP) is 2.58. The molecule has 2 aromatic carbocycles. The molecule has 10 heteroatoms. The van der Waals surface area contributed by atoms with Gasteiger partial charge in [0.2, 0.25) is 17.7 Å². The van der Waals surface area contributed by atoms with E-state index in [1.165, 1.54) is 4.90 Å². The highest BCUT2D eigenvalue weighted by atomic mass is 79.9. The Kier molecular flexibility index (Phi) is 6.78. The third-order valence-corrected chi connectivity index (χ3v) is 10.8. The van der Waals surface area contributed by atoms with Crippen LogP contribution in [0, 0.1) is 11.8 Å². The average molecular weight is 574 g/mol. The Labute approximate surface area is 222 Å². The van der Waals surface area contributed by atoms with Crippen LogP contribution in [0.4, 0.5) is 5.69 Å². The number of amides is 3. The zero-order chi connectivity index (χ0) is 25.6. The number of ether oxygens (including phenoxy) is 1. The van der Waals surface area contributed by atoms with Gasteiger partial charge in [-0.1, -0.05) is 46.3 Å². The van der Waals surface area contributed by atoms with Crippen LogP contribution in [0.1, 0.15) is 18.0 Å². The van der Waals surface area contributed by atoms with E-state index in [-0.39, 0.29) is 34.4 Å². The van der Waals surface area contributed by atoms with E-state index in [0.717, 1.165) is 5.56 Å². The summed E-state index contributed by atoms with van der Waals surface area (Å²) in [4.78, 5) is 42.7. The summed E-state index contributed by atoms with van der Waals surface area (Å²) in [7, 11) is 3.14. The molecule has 3 aliphatic rings. The van der Waals surface area contributed by atoms with Gasteiger partial charge in [0, 0.05) is 22.8 Å². The molecule has 0 saturated carbocycles. The number of hydrogen-bond donors (Lipinski definition) is 3. The molecule has 3 aliphatic heterocycles. The van der Waals surface area contributed by atoms with Crippen LogP contribution in [-0.2, 0) is 14.4 Å². The number of carbonyl (C=O) groups is 3. The fourth-order valence-corrected chi connectivity index (χ4v) is 9.68. The van der Waals surface area contributed by atoms with Crippen LogP contribution in [0.25, 0.3) is 0 Å². The Balaban J connectivity index is 1.59. The molecule has 3 amide bonds. The smallest absolute Gasteiger partial charge is 0.248 e. The number of carbonyl (C=O) groups excluding carboxylic acids is 3. The maximum Gasteiger partial charge on any atom is 0.248 e. The highest BCUT2D eigenvalue weighted by molar-refractivity contribution is 9.09. The number of fused-ring (bicyclic) bond motifs is 1. The number of thioether (sulfide) groups is 1. The van der Waals surface area contributed by atoms with Gasteiger partial charge in [-0.2, -0.15) is 0 Å². The lowest BCUT2D eigenvalue weighted by molar-refractivity contribution is -0.142. The van der Waals surface area contributed by atoms with E-state index in [2.05, 4.69) is 26.6 Å². The minimum atomic E-state index is -0.876. The van der Waals surface area contributed by atoms with E-state index in [0.29, 0.717) is 17.9 Å². The molecule has 3 N–H and O–H groups in total. The SMILES string of the molecule is CNC(=O)[C@H]1[C@H]2C(=O)N([C@H](CO)c3ccccc3)C(C(=O)Nc3ccc(OC)cc3)C23CC(Br)[C@@H]1S3. The van der Waals surface area contributed by atoms with Crippen LogP contribution in [0.2, 0.25) is 0 Å². The molecule has 7 atom stereocenters. The Hall–Kier alpha value is -2.56. The van der Waals surface area contributed by atoms with E-state index in [1.54, 1.807) is 50.2 Å². The number of alkyl halides is 1. The maximum atomic E-state index is 14.1. The van der Waals surface area contributed by atoms with Gasteiger partial charge >= 0.3 is 0 Å². The molecular formula is C26H28BrN3O5S. The molecule has 190 valence electrons. The first kappa shape index (κ1) is 25.1. The average Bonchev–Trinajstić information content (AvgIpc) is 3.49. The number of anilines is 1. The number of halogens is 1. The molecule has 2 bridgehead atoms. The molecule has 3 saturated heterocycles. The minimum absolute atomic E-state index is 0.0191. The summed E-state index contributed by atoms with van der Waals surface area (Å²) in [5.74, 6) is -1.37. The van der Waals surface area contributed by atoms with Crippen molar-refractivity contribution in [3.63, 3.8) is 0 Å². The van der Waals surface area contributed by atoms with Crippen molar-refractivity contribution < 1.29 is 24.2 Å². The zero-order valence-electron chi connectivity index (χ0n) is 19.9. The van der Waals surface area contributed by atoms with Crippen molar-refractivity contribution in [2.75, 3.05) is 26.1 Å². The van der Waals surface area contributed by atoms with E-state index in [4.69, 9.17) is 4.74 Å². The molecule has 3 fully saturated rings. The number of likely N-dealkylation sites (tertiary alicyclic amines) is 1. The van der Waals surface area contributed by atoms with E-state index >= 15 is 0 Å². The number of aliphatic hydroxyl groups excluding tert-OH is 1. The minimum Gasteiger partial charge on any atom is -0.497 e. The van der Waals surface area contributed by atoms with Gasteiger partial charge in [0.15, 0.2) is 0 Å². The molecule has 3 heterocycles. The summed E-state index contributed by atoms with van der Waals surface area (Å²) >= 11 is 5.30. The Morgan fingerprint density at radius 1 is 1.19 bits per heavy atom. The summed E-state index contributed by atoms with van der Waals surface area (Å²) in [5.41, 5.74) is 1.31. The number of aliphatic hydroxyl groups is 1.